The summed E-state index contributed by atoms with van der Waals surface area (Å²) in [6, 6.07) is 0.324. The third kappa shape index (κ3) is 2.22. The minimum Gasteiger partial charge on any atom is -0.377 e. The van der Waals surface area contributed by atoms with Crippen LogP contribution in [0.4, 0.5) is 0 Å². The number of ether oxygens (including phenoxy) is 1. The second kappa shape index (κ2) is 4.94. The van der Waals surface area contributed by atoms with E-state index in [-0.39, 0.29) is 5.60 Å². The number of rotatable bonds is 5. The van der Waals surface area contributed by atoms with E-state index in [4.69, 9.17) is 10.6 Å². The lowest BCUT2D eigenvalue weighted by atomic mass is 9.89. The molecule has 3 nitrogen and oxygen atoms in total. The lowest BCUT2D eigenvalue weighted by Gasteiger charge is -2.35. The second-order valence-corrected chi connectivity index (χ2v) is 3.98. The number of methoxy groups -OCH3 is 1. The Balaban J connectivity index is 2.60. The van der Waals surface area contributed by atoms with Crippen molar-refractivity contribution >= 4 is 0 Å². The summed E-state index contributed by atoms with van der Waals surface area (Å²) in [5, 5.41) is 0. The standard InChI is InChI=1S/C10H22N2O/c1-3-6-9(12-11)10(13-2)7-4-5-8-10/h9,12H,3-8,11H2,1-2H3. The predicted octanol–water partition coefficient (Wildman–Crippen LogP) is 1.58. The van der Waals surface area contributed by atoms with Crippen LogP contribution >= 0.6 is 0 Å². The first kappa shape index (κ1) is 11.0. The highest BCUT2D eigenvalue weighted by molar-refractivity contribution is 4.95. The van der Waals surface area contributed by atoms with Gasteiger partial charge in [0.05, 0.1) is 11.6 Å². The van der Waals surface area contributed by atoms with Crippen molar-refractivity contribution in [2.75, 3.05) is 7.11 Å². The molecule has 0 amide bonds. The summed E-state index contributed by atoms with van der Waals surface area (Å²) in [5.41, 5.74) is 2.93. The van der Waals surface area contributed by atoms with Gasteiger partial charge >= 0.3 is 0 Å². The van der Waals surface area contributed by atoms with Gasteiger partial charge in [-0.2, -0.15) is 0 Å². The van der Waals surface area contributed by atoms with Crippen LogP contribution in [0.3, 0.4) is 0 Å². The summed E-state index contributed by atoms with van der Waals surface area (Å²) in [7, 11) is 1.81. The van der Waals surface area contributed by atoms with Crippen LogP contribution in [0.2, 0.25) is 0 Å². The Morgan fingerprint density at radius 2 is 2.08 bits per heavy atom. The fraction of sp³-hybridized carbons (Fsp3) is 1.00. The molecule has 1 atom stereocenters. The molecule has 0 aromatic heterocycles. The number of hydrogen-bond acceptors (Lipinski definition) is 3. The summed E-state index contributed by atoms with van der Waals surface area (Å²) < 4.78 is 5.66. The molecule has 3 heteroatoms. The van der Waals surface area contributed by atoms with Crippen LogP contribution in [-0.4, -0.2) is 18.8 Å². The number of hydrogen-bond donors (Lipinski definition) is 2. The first-order valence-corrected chi connectivity index (χ1v) is 5.30. The van der Waals surface area contributed by atoms with Crippen LogP contribution in [0.5, 0.6) is 0 Å². The minimum atomic E-state index is 0.0186. The molecule has 0 bridgehead atoms. The van der Waals surface area contributed by atoms with Crippen molar-refractivity contribution < 1.29 is 4.74 Å². The van der Waals surface area contributed by atoms with Crippen molar-refractivity contribution in [2.45, 2.75) is 57.1 Å². The smallest absolute Gasteiger partial charge is 0.0844 e. The highest BCUT2D eigenvalue weighted by Gasteiger charge is 2.40. The highest BCUT2D eigenvalue weighted by Crippen LogP contribution is 2.36. The van der Waals surface area contributed by atoms with Crippen LogP contribution in [0, 0.1) is 0 Å². The topological polar surface area (TPSA) is 47.3 Å². The molecule has 1 fully saturated rings. The highest BCUT2D eigenvalue weighted by atomic mass is 16.5. The Morgan fingerprint density at radius 3 is 2.46 bits per heavy atom. The van der Waals surface area contributed by atoms with E-state index >= 15 is 0 Å². The Hall–Kier alpha value is -0.120. The van der Waals surface area contributed by atoms with Crippen LogP contribution in [0.15, 0.2) is 0 Å². The first-order chi connectivity index (χ1) is 6.29. The monoisotopic (exact) mass is 186 g/mol. The quantitative estimate of drug-likeness (QED) is 0.506. The average Bonchev–Trinajstić information content (AvgIpc) is 2.63. The Kier molecular flexibility index (Phi) is 4.16. The number of nitrogens with one attached hydrogen (secondary N) is 1. The van der Waals surface area contributed by atoms with Crippen molar-refractivity contribution in [3.05, 3.63) is 0 Å². The molecule has 1 aliphatic rings. The molecule has 0 saturated heterocycles. The molecule has 1 unspecified atom stereocenters. The van der Waals surface area contributed by atoms with E-state index in [1.54, 1.807) is 0 Å². The predicted molar refractivity (Wildman–Crippen MR) is 54.2 cm³/mol. The van der Waals surface area contributed by atoms with Gasteiger partial charge in [-0.15, -0.1) is 0 Å². The van der Waals surface area contributed by atoms with Gasteiger partial charge in [-0.3, -0.25) is 11.3 Å². The lowest BCUT2D eigenvalue weighted by Crippen LogP contribution is -2.52. The Bertz CT molecular complexity index is 144. The van der Waals surface area contributed by atoms with Crippen molar-refractivity contribution in [3.63, 3.8) is 0 Å². The van der Waals surface area contributed by atoms with Crippen molar-refractivity contribution in [1.29, 1.82) is 0 Å². The maximum atomic E-state index is 5.66. The minimum absolute atomic E-state index is 0.0186. The maximum absolute atomic E-state index is 5.66. The molecule has 78 valence electrons. The summed E-state index contributed by atoms with van der Waals surface area (Å²) in [6.07, 6.45) is 7.10. The lowest BCUT2D eigenvalue weighted by molar-refractivity contribution is -0.0380. The maximum Gasteiger partial charge on any atom is 0.0844 e. The van der Waals surface area contributed by atoms with Gasteiger partial charge in [0.15, 0.2) is 0 Å². The molecule has 3 N–H and O–H groups in total. The van der Waals surface area contributed by atoms with E-state index < -0.39 is 0 Å². The summed E-state index contributed by atoms with van der Waals surface area (Å²) in [4.78, 5) is 0. The molecule has 13 heavy (non-hydrogen) atoms. The number of hydrazine groups is 1. The molecule has 0 aromatic rings. The van der Waals surface area contributed by atoms with Gasteiger partial charge in [0.2, 0.25) is 0 Å². The van der Waals surface area contributed by atoms with Crippen LogP contribution in [0.25, 0.3) is 0 Å². The van der Waals surface area contributed by atoms with Gasteiger partial charge in [-0.1, -0.05) is 26.2 Å². The molecular weight excluding hydrogens is 164 g/mol. The van der Waals surface area contributed by atoms with E-state index in [1.165, 1.54) is 12.8 Å². The van der Waals surface area contributed by atoms with E-state index in [0.717, 1.165) is 25.7 Å². The van der Waals surface area contributed by atoms with Crippen molar-refractivity contribution in [3.8, 4) is 0 Å². The second-order valence-electron chi connectivity index (χ2n) is 3.98. The van der Waals surface area contributed by atoms with E-state index in [2.05, 4.69) is 12.3 Å². The fourth-order valence-electron chi connectivity index (χ4n) is 2.46. The summed E-state index contributed by atoms with van der Waals surface area (Å²) >= 11 is 0. The zero-order valence-corrected chi connectivity index (χ0v) is 8.81. The molecular formula is C10H22N2O. The van der Waals surface area contributed by atoms with Gasteiger partial charge < -0.3 is 4.74 Å². The third-order valence-corrected chi connectivity index (χ3v) is 3.27. The summed E-state index contributed by atoms with van der Waals surface area (Å²) in [6.45, 7) is 2.18. The van der Waals surface area contributed by atoms with Crippen LogP contribution < -0.4 is 11.3 Å². The average molecular weight is 186 g/mol. The normalized spacial score (nSPS) is 23.3. The van der Waals surface area contributed by atoms with Crippen LogP contribution in [0.1, 0.15) is 45.4 Å². The first-order valence-electron chi connectivity index (χ1n) is 5.30. The fourth-order valence-corrected chi connectivity index (χ4v) is 2.46. The zero-order chi connectivity index (χ0) is 9.73. The van der Waals surface area contributed by atoms with Gasteiger partial charge in [0.1, 0.15) is 0 Å². The molecule has 1 aliphatic carbocycles. The largest absolute Gasteiger partial charge is 0.377 e. The summed E-state index contributed by atoms with van der Waals surface area (Å²) in [5.74, 6) is 5.57. The Labute approximate surface area is 81.0 Å². The molecule has 0 aromatic carbocycles. The van der Waals surface area contributed by atoms with Gasteiger partial charge in [-0.25, -0.2) is 0 Å². The third-order valence-electron chi connectivity index (χ3n) is 3.27. The van der Waals surface area contributed by atoms with Gasteiger partial charge in [0, 0.05) is 7.11 Å². The van der Waals surface area contributed by atoms with Crippen molar-refractivity contribution in [2.24, 2.45) is 5.84 Å². The SMILES string of the molecule is CCCC(NN)C1(OC)CCCC1. The zero-order valence-electron chi connectivity index (χ0n) is 8.81. The van der Waals surface area contributed by atoms with E-state index in [9.17, 15) is 0 Å². The molecule has 0 radical (unpaired) electrons. The molecule has 1 saturated carbocycles. The van der Waals surface area contributed by atoms with E-state index in [0.29, 0.717) is 6.04 Å². The van der Waals surface area contributed by atoms with E-state index in [1.807, 2.05) is 7.11 Å². The number of nitrogens with two attached hydrogens (primary N) is 1. The molecule has 0 heterocycles. The van der Waals surface area contributed by atoms with Crippen LogP contribution in [-0.2, 0) is 4.74 Å². The van der Waals surface area contributed by atoms with Crippen molar-refractivity contribution in [1.82, 2.24) is 5.43 Å². The Morgan fingerprint density at radius 1 is 1.46 bits per heavy atom. The molecule has 1 rings (SSSR count). The van der Waals surface area contributed by atoms with Gasteiger partial charge in [0.25, 0.3) is 0 Å². The van der Waals surface area contributed by atoms with Gasteiger partial charge in [-0.05, 0) is 19.3 Å². The molecule has 0 aliphatic heterocycles. The molecule has 0 spiro atoms.